The summed E-state index contributed by atoms with van der Waals surface area (Å²) >= 11 is 0. The Bertz CT molecular complexity index is 741. The molecule has 0 saturated heterocycles. The second kappa shape index (κ2) is 7.59. The second-order valence-corrected chi connectivity index (χ2v) is 6.80. The van der Waals surface area contributed by atoms with Gasteiger partial charge < -0.3 is 15.4 Å². The van der Waals surface area contributed by atoms with Gasteiger partial charge in [-0.15, -0.1) is 0 Å². The van der Waals surface area contributed by atoms with Gasteiger partial charge in [-0.3, -0.25) is 4.68 Å². The highest BCUT2D eigenvalue weighted by molar-refractivity contribution is 5.74. The van der Waals surface area contributed by atoms with Crippen molar-refractivity contribution in [3.8, 4) is 5.75 Å². The highest BCUT2D eigenvalue weighted by Crippen LogP contribution is 2.31. The van der Waals surface area contributed by atoms with Crippen LogP contribution in [0, 0.1) is 19.8 Å². The Morgan fingerprint density at radius 1 is 1.40 bits per heavy atom. The van der Waals surface area contributed by atoms with Gasteiger partial charge in [0.1, 0.15) is 5.75 Å². The van der Waals surface area contributed by atoms with Gasteiger partial charge in [-0.05, 0) is 31.9 Å². The zero-order valence-electron chi connectivity index (χ0n) is 15.1. The molecule has 2 amide bonds. The van der Waals surface area contributed by atoms with Crippen molar-refractivity contribution in [3.05, 3.63) is 47.3 Å². The molecule has 3 rings (SSSR count). The van der Waals surface area contributed by atoms with Crippen molar-refractivity contribution in [2.75, 3.05) is 13.2 Å². The molecule has 2 N–H and O–H groups in total. The van der Waals surface area contributed by atoms with Gasteiger partial charge in [0.15, 0.2) is 0 Å². The summed E-state index contributed by atoms with van der Waals surface area (Å²) < 4.78 is 7.63. The van der Waals surface area contributed by atoms with E-state index >= 15 is 0 Å². The van der Waals surface area contributed by atoms with E-state index < -0.39 is 0 Å². The van der Waals surface area contributed by atoms with Crippen molar-refractivity contribution >= 4 is 6.03 Å². The molecule has 2 atom stereocenters. The minimum absolute atomic E-state index is 0.00346. The van der Waals surface area contributed by atoms with Gasteiger partial charge in [-0.1, -0.05) is 25.1 Å². The lowest BCUT2D eigenvalue weighted by atomic mass is 10.0. The van der Waals surface area contributed by atoms with Crippen molar-refractivity contribution in [1.82, 2.24) is 20.4 Å². The van der Waals surface area contributed by atoms with Crippen LogP contribution in [0.3, 0.4) is 0 Å². The summed E-state index contributed by atoms with van der Waals surface area (Å²) in [4.78, 5) is 12.3. The van der Waals surface area contributed by atoms with Crippen LogP contribution in [-0.4, -0.2) is 29.0 Å². The van der Waals surface area contributed by atoms with Crippen molar-refractivity contribution < 1.29 is 9.53 Å². The molecule has 0 aliphatic carbocycles. The minimum atomic E-state index is -0.137. The molecule has 6 heteroatoms. The number of para-hydroxylation sites is 1. The number of hydrogen-bond acceptors (Lipinski definition) is 3. The predicted octanol–water partition coefficient (Wildman–Crippen LogP) is 2.96. The molecule has 2 unspecified atom stereocenters. The van der Waals surface area contributed by atoms with E-state index in [2.05, 4.69) is 35.6 Å². The van der Waals surface area contributed by atoms with Gasteiger partial charge in [0.05, 0.1) is 18.3 Å². The largest absolute Gasteiger partial charge is 0.493 e. The number of urea groups is 1. The predicted molar refractivity (Wildman–Crippen MR) is 96.7 cm³/mol. The molecule has 0 bridgehead atoms. The zero-order chi connectivity index (χ0) is 17.8. The smallest absolute Gasteiger partial charge is 0.315 e. The highest BCUT2D eigenvalue weighted by Gasteiger charge is 2.22. The van der Waals surface area contributed by atoms with E-state index in [0.29, 0.717) is 19.1 Å². The van der Waals surface area contributed by atoms with Crippen LogP contribution in [0.5, 0.6) is 5.75 Å². The molecule has 1 aliphatic rings. The van der Waals surface area contributed by atoms with E-state index in [-0.39, 0.29) is 12.1 Å². The molecule has 0 fully saturated rings. The number of hydrogen-bond donors (Lipinski definition) is 2. The standard InChI is InChI=1S/C19H26N4O2/c1-13(12-23-15(3)10-14(2)22-23)11-20-19(24)21-17-8-9-25-18-7-5-4-6-16(17)18/h4-7,10,13,17H,8-9,11-12H2,1-3H3,(H2,20,21,24). The van der Waals surface area contributed by atoms with Crippen LogP contribution in [0.1, 0.15) is 36.3 Å². The number of fused-ring (bicyclic) bond motifs is 1. The van der Waals surface area contributed by atoms with E-state index in [1.54, 1.807) is 0 Å². The van der Waals surface area contributed by atoms with Crippen LogP contribution >= 0.6 is 0 Å². The first kappa shape index (κ1) is 17.3. The van der Waals surface area contributed by atoms with Crippen LogP contribution in [0.4, 0.5) is 4.79 Å². The third-order valence-corrected chi connectivity index (χ3v) is 4.46. The molecule has 1 aromatic carbocycles. The molecule has 2 heterocycles. The maximum absolute atomic E-state index is 12.3. The number of carbonyl (C=O) groups is 1. The van der Waals surface area contributed by atoms with Gasteiger partial charge >= 0.3 is 6.03 Å². The lowest BCUT2D eigenvalue weighted by Gasteiger charge is -2.27. The van der Waals surface area contributed by atoms with Crippen LogP contribution < -0.4 is 15.4 Å². The monoisotopic (exact) mass is 342 g/mol. The molecule has 1 aliphatic heterocycles. The summed E-state index contributed by atoms with van der Waals surface area (Å²) in [5.41, 5.74) is 3.21. The van der Waals surface area contributed by atoms with E-state index in [0.717, 1.165) is 35.7 Å². The van der Waals surface area contributed by atoms with E-state index in [1.807, 2.05) is 35.9 Å². The van der Waals surface area contributed by atoms with Crippen LogP contribution in [0.15, 0.2) is 30.3 Å². The Morgan fingerprint density at radius 2 is 2.20 bits per heavy atom. The Balaban J connectivity index is 1.49. The fraction of sp³-hybridized carbons (Fsp3) is 0.474. The van der Waals surface area contributed by atoms with Gasteiger partial charge in [0.2, 0.25) is 0 Å². The molecule has 134 valence electrons. The first-order valence-electron chi connectivity index (χ1n) is 8.80. The van der Waals surface area contributed by atoms with E-state index in [1.165, 1.54) is 0 Å². The van der Waals surface area contributed by atoms with Crippen molar-refractivity contribution in [2.24, 2.45) is 5.92 Å². The SMILES string of the molecule is Cc1cc(C)n(CC(C)CNC(=O)NC2CCOc3ccccc32)n1. The van der Waals surface area contributed by atoms with Crippen LogP contribution in [-0.2, 0) is 6.54 Å². The fourth-order valence-corrected chi connectivity index (χ4v) is 3.19. The third kappa shape index (κ3) is 4.32. The number of nitrogens with one attached hydrogen (secondary N) is 2. The van der Waals surface area contributed by atoms with Crippen LogP contribution in [0.25, 0.3) is 0 Å². The maximum Gasteiger partial charge on any atom is 0.315 e. The molecule has 0 radical (unpaired) electrons. The minimum Gasteiger partial charge on any atom is -0.493 e. The van der Waals surface area contributed by atoms with Crippen molar-refractivity contribution in [2.45, 2.75) is 39.8 Å². The first-order valence-corrected chi connectivity index (χ1v) is 8.80. The highest BCUT2D eigenvalue weighted by atomic mass is 16.5. The molecule has 25 heavy (non-hydrogen) atoms. The lowest BCUT2D eigenvalue weighted by molar-refractivity contribution is 0.221. The van der Waals surface area contributed by atoms with Gasteiger partial charge in [-0.25, -0.2) is 4.79 Å². The molecular weight excluding hydrogens is 316 g/mol. The third-order valence-electron chi connectivity index (χ3n) is 4.46. The average Bonchev–Trinajstić information content (AvgIpc) is 2.90. The number of ether oxygens (including phenoxy) is 1. The van der Waals surface area contributed by atoms with Crippen LogP contribution in [0.2, 0.25) is 0 Å². The summed E-state index contributed by atoms with van der Waals surface area (Å²) in [6, 6.07) is 9.79. The van der Waals surface area contributed by atoms with E-state index in [9.17, 15) is 4.79 Å². The first-order chi connectivity index (χ1) is 12.0. The van der Waals surface area contributed by atoms with Gasteiger partial charge in [0, 0.05) is 30.8 Å². The Labute approximate surface area is 148 Å². The molecule has 2 aromatic rings. The maximum atomic E-state index is 12.3. The Kier molecular flexibility index (Phi) is 5.26. The summed E-state index contributed by atoms with van der Waals surface area (Å²) in [5.74, 6) is 1.16. The fourth-order valence-electron chi connectivity index (χ4n) is 3.19. The Hall–Kier alpha value is -2.50. The number of nitrogens with zero attached hydrogens (tertiary/aromatic N) is 2. The number of rotatable bonds is 5. The van der Waals surface area contributed by atoms with Gasteiger partial charge in [0.25, 0.3) is 0 Å². The quantitative estimate of drug-likeness (QED) is 0.878. The molecule has 1 aromatic heterocycles. The summed E-state index contributed by atoms with van der Waals surface area (Å²) in [6.45, 7) is 8.17. The summed E-state index contributed by atoms with van der Waals surface area (Å²) in [5, 5.41) is 10.5. The molecule has 6 nitrogen and oxygen atoms in total. The van der Waals surface area contributed by atoms with Crippen molar-refractivity contribution in [1.29, 1.82) is 0 Å². The lowest BCUT2D eigenvalue weighted by Crippen LogP contribution is -2.41. The second-order valence-electron chi connectivity index (χ2n) is 6.80. The molecular formula is C19H26N4O2. The number of aryl methyl sites for hydroxylation is 2. The summed E-state index contributed by atoms with van der Waals surface area (Å²) in [7, 11) is 0. The summed E-state index contributed by atoms with van der Waals surface area (Å²) in [6.07, 6.45) is 0.783. The number of benzene rings is 1. The molecule has 0 spiro atoms. The number of aromatic nitrogens is 2. The topological polar surface area (TPSA) is 68.2 Å². The average molecular weight is 342 g/mol. The van der Waals surface area contributed by atoms with E-state index in [4.69, 9.17) is 4.74 Å². The number of amides is 2. The van der Waals surface area contributed by atoms with Gasteiger partial charge in [-0.2, -0.15) is 5.10 Å². The van der Waals surface area contributed by atoms with Crippen molar-refractivity contribution in [3.63, 3.8) is 0 Å². The normalized spacial score (nSPS) is 17.3. The zero-order valence-corrected chi connectivity index (χ0v) is 15.1. The molecule has 0 saturated carbocycles. The Morgan fingerprint density at radius 3 is 2.96 bits per heavy atom. The number of carbonyl (C=O) groups excluding carboxylic acids is 1.